The third-order valence-electron chi connectivity index (χ3n) is 7.10. The number of carbonyl (C=O) groups excluding carboxylic acids is 1. The van der Waals surface area contributed by atoms with Gasteiger partial charge in [0.2, 0.25) is 0 Å². The van der Waals surface area contributed by atoms with Crippen molar-refractivity contribution in [2.45, 2.75) is 39.5 Å². The Bertz CT molecular complexity index is 1250. The Morgan fingerprint density at radius 2 is 2.03 bits per heavy atom. The highest BCUT2D eigenvalue weighted by molar-refractivity contribution is 7.51. The molecule has 9 nitrogen and oxygen atoms in total. The van der Waals surface area contributed by atoms with Gasteiger partial charge in [0, 0.05) is 49.8 Å². The maximum absolute atomic E-state index is 13.3. The number of fused-ring (bicyclic) bond motifs is 2. The Morgan fingerprint density at radius 1 is 1.19 bits per heavy atom. The quantitative estimate of drug-likeness (QED) is 0.452. The van der Waals surface area contributed by atoms with Gasteiger partial charge in [-0.15, -0.1) is 0 Å². The van der Waals surface area contributed by atoms with E-state index in [1.807, 2.05) is 41.7 Å². The van der Waals surface area contributed by atoms with Gasteiger partial charge in [0.1, 0.15) is 0 Å². The molecule has 10 heteroatoms. The van der Waals surface area contributed by atoms with Gasteiger partial charge in [-0.1, -0.05) is 8.58 Å². The summed E-state index contributed by atoms with van der Waals surface area (Å²) in [5.74, 6) is 0.0453. The summed E-state index contributed by atoms with van der Waals surface area (Å²) in [5.41, 5.74) is 6.00. The third-order valence-corrected chi connectivity index (χ3v) is 8.81. The summed E-state index contributed by atoms with van der Waals surface area (Å²) in [7, 11) is 0.433. The van der Waals surface area contributed by atoms with Gasteiger partial charge in [0.15, 0.2) is 0 Å². The zero-order valence-electron chi connectivity index (χ0n) is 21.4. The Labute approximate surface area is 213 Å². The number of ether oxygens (including phenoxy) is 1. The number of nitrogens with zero attached hydrogens (tertiary/aromatic N) is 6. The minimum atomic E-state index is 0.00880. The zero-order valence-corrected chi connectivity index (χ0v) is 22.4. The number of hydrogen-bond donors (Lipinski definition) is 1. The largest absolute Gasteiger partial charge is 0.394 e. The molecule has 2 aromatic heterocycles. The van der Waals surface area contributed by atoms with Gasteiger partial charge < -0.3 is 19.6 Å². The molecule has 36 heavy (non-hydrogen) atoms. The van der Waals surface area contributed by atoms with Gasteiger partial charge in [0.05, 0.1) is 60.1 Å². The Morgan fingerprint density at radius 3 is 2.81 bits per heavy atom. The lowest BCUT2D eigenvalue weighted by atomic mass is 10.1. The van der Waals surface area contributed by atoms with Gasteiger partial charge >= 0.3 is 0 Å². The molecule has 2 aromatic rings. The summed E-state index contributed by atoms with van der Waals surface area (Å²) < 4.78 is 7.32. The molecule has 1 amide bonds. The van der Waals surface area contributed by atoms with Gasteiger partial charge in [-0.25, -0.2) is 4.52 Å². The van der Waals surface area contributed by atoms with E-state index in [4.69, 9.17) is 14.9 Å². The second-order valence-electron chi connectivity index (χ2n) is 9.79. The highest BCUT2D eigenvalue weighted by Gasteiger charge is 2.34. The number of aromatic nitrogens is 3. The molecule has 0 saturated carbocycles. The van der Waals surface area contributed by atoms with Crippen LogP contribution < -0.4 is 0 Å². The molecule has 192 valence electrons. The number of piperazine rings is 1. The second kappa shape index (κ2) is 10.4. The first-order valence-electron chi connectivity index (χ1n) is 12.6. The van der Waals surface area contributed by atoms with Crippen LogP contribution in [0.5, 0.6) is 0 Å². The van der Waals surface area contributed by atoms with Crippen LogP contribution in [0.15, 0.2) is 41.9 Å². The number of rotatable bonds is 7. The van der Waals surface area contributed by atoms with E-state index in [0.29, 0.717) is 27.8 Å². The van der Waals surface area contributed by atoms with Crippen LogP contribution in [-0.2, 0) is 9.53 Å². The fourth-order valence-electron chi connectivity index (χ4n) is 5.20. The molecule has 1 fully saturated rings. The molecule has 5 heterocycles. The molecule has 5 rings (SSSR count). The standard InChI is InChI=1S/C26H35N6O3P/c1-17-11-21(30-6-5-29(19(3)15-30)7-9-35-10-8-33)16-31-25(34)13-24(36-26(17)31)22-12-23-20(4)27-18(2)14-32(23)28-22/h11-14,16,19,26,33,36H,5-10,15H2,1-4H3/t19-,26?/m1/s1. The normalized spacial score (nSPS) is 23.7. The van der Waals surface area contributed by atoms with Crippen LogP contribution in [0.25, 0.3) is 10.8 Å². The number of aryl methyl sites for hydroxylation is 2. The molecule has 0 radical (unpaired) electrons. The molecule has 1 saturated heterocycles. The Kier molecular flexibility index (Phi) is 7.26. The molecular weight excluding hydrogens is 475 g/mol. The van der Waals surface area contributed by atoms with Crippen molar-refractivity contribution >= 4 is 25.3 Å². The molecule has 2 unspecified atom stereocenters. The van der Waals surface area contributed by atoms with Crippen molar-refractivity contribution in [1.82, 2.24) is 29.3 Å². The first-order valence-corrected chi connectivity index (χ1v) is 13.6. The Balaban J connectivity index is 1.30. The SMILES string of the molecule is CC1=CC(N2CCN(CCOCCO)[C@H](C)C2)=CN2C(=O)C=C(c3cc4c(C)nc(C)cn4n3)PC12. The summed E-state index contributed by atoms with van der Waals surface area (Å²) in [6.07, 6.45) is 7.97. The number of allylic oxidation sites excluding steroid dienone is 1. The first-order chi connectivity index (χ1) is 17.3. The fraction of sp³-hybridized carbons (Fsp3) is 0.500. The predicted molar refractivity (Wildman–Crippen MR) is 142 cm³/mol. The molecule has 1 N–H and O–H groups in total. The van der Waals surface area contributed by atoms with Crippen molar-refractivity contribution in [3.05, 3.63) is 59.0 Å². The number of aliphatic hydroxyl groups is 1. The van der Waals surface area contributed by atoms with E-state index in [-0.39, 0.29) is 18.3 Å². The summed E-state index contributed by atoms with van der Waals surface area (Å²) in [5, 5.41) is 14.6. The van der Waals surface area contributed by atoms with Gasteiger partial charge in [-0.05, 0) is 45.4 Å². The van der Waals surface area contributed by atoms with E-state index in [2.05, 4.69) is 34.7 Å². The van der Waals surface area contributed by atoms with Crippen LogP contribution in [0.4, 0.5) is 0 Å². The van der Waals surface area contributed by atoms with E-state index in [0.717, 1.165) is 59.8 Å². The fourth-order valence-corrected chi connectivity index (χ4v) is 6.62. The lowest BCUT2D eigenvalue weighted by Crippen LogP contribution is -2.52. The minimum Gasteiger partial charge on any atom is -0.394 e. The molecule has 3 aliphatic rings. The van der Waals surface area contributed by atoms with Crippen molar-refractivity contribution in [1.29, 1.82) is 0 Å². The molecule has 0 bridgehead atoms. The number of amides is 1. The molecule has 0 aromatic carbocycles. The monoisotopic (exact) mass is 510 g/mol. The third kappa shape index (κ3) is 4.98. The van der Waals surface area contributed by atoms with Crippen molar-refractivity contribution in [3.8, 4) is 0 Å². The average Bonchev–Trinajstić information content (AvgIpc) is 3.27. The lowest BCUT2D eigenvalue weighted by Gasteiger charge is -2.44. The van der Waals surface area contributed by atoms with Gasteiger partial charge in [-0.2, -0.15) is 5.10 Å². The zero-order chi connectivity index (χ0) is 25.4. The highest BCUT2D eigenvalue weighted by Crippen LogP contribution is 2.47. The van der Waals surface area contributed by atoms with Crippen LogP contribution in [0.3, 0.4) is 0 Å². The second-order valence-corrected chi connectivity index (χ2v) is 11.2. The molecule has 3 atom stereocenters. The van der Waals surface area contributed by atoms with E-state index in [9.17, 15) is 4.79 Å². The van der Waals surface area contributed by atoms with Crippen molar-refractivity contribution in [2.75, 3.05) is 46.0 Å². The van der Waals surface area contributed by atoms with E-state index in [1.54, 1.807) is 6.08 Å². The van der Waals surface area contributed by atoms with Gasteiger partial charge in [-0.3, -0.25) is 14.7 Å². The number of carbonyl (C=O) groups is 1. The molecule has 0 aliphatic carbocycles. The maximum atomic E-state index is 13.3. The highest BCUT2D eigenvalue weighted by atomic mass is 31.1. The average molecular weight is 511 g/mol. The van der Waals surface area contributed by atoms with Crippen LogP contribution in [-0.4, -0.2) is 98.1 Å². The van der Waals surface area contributed by atoms with E-state index < -0.39 is 0 Å². The predicted octanol–water partition coefficient (Wildman–Crippen LogP) is 2.35. The van der Waals surface area contributed by atoms with E-state index in [1.165, 1.54) is 5.57 Å². The summed E-state index contributed by atoms with van der Waals surface area (Å²) in [4.78, 5) is 24.5. The van der Waals surface area contributed by atoms with Crippen molar-refractivity contribution in [2.24, 2.45) is 0 Å². The van der Waals surface area contributed by atoms with Crippen LogP contribution in [0.1, 0.15) is 30.9 Å². The minimum absolute atomic E-state index is 0.00880. The molecule has 3 aliphatic heterocycles. The van der Waals surface area contributed by atoms with Gasteiger partial charge in [0.25, 0.3) is 5.91 Å². The number of aliphatic hydroxyl groups excluding tert-OH is 1. The molecule has 0 spiro atoms. The van der Waals surface area contributed by atoms with Crippen LogP contribution >= 0.6 is 8.58 Å². The molecular formula is C26H35N6O3P. The maximum Gasteiger partial charge on any atom is 0.252 e. The van der Waals surface area contributed by atoms with Crippen molar-refractivity contribution < 1.29 is 14.6 Å². The van der Waals surface area contributed by atoms with E-state index >= 15 is 0 Å². The van der Waals surface area contributed by atoms with Crippen molar-refractivity contribution in [3.63, 3.8) is 0 Å². The summed E-state index contributed by atoms with van der Waals surface area (Å²) in [6, 6.07) is 2.42. The first kappa shape index (κ1) is 25.1. The lowest BCUT2D eigenvalue weighted by molar-refractivity contribution is -0.124. The summed E-state index contributed by atoms with van der Waals surface area (Å²) >= 11 is 0. The Hall–Kier alpha value is -2.58. The topological polar surface area (TPSA) is 86.4 Å². The summed E-state index contributed by atoms with van der Waals surface area (Å²) in [6.45, 7) is 13.0. The number of hydrogen-bond acceptors (Lipinski definition) is 7. The smallest absolute Gasteiger partial charge is 0.252 e. The van der Waals surface area contributed by atoms with Crippen LogP contribution in [0.2, 0.25) is 0 Å². The van der Waals surface area contributed by atoms with Crippen LogP contribution in [0, 0.1) is 13.8 Å².